The molecule has 0 aliphatic heterocycles. The van der Waals surface area contributed by atoms with Gasteiger partial charge in [0.05, 0.1) is 0 Å². The summed E-state index contributed by atoms with van der Waals surface area (Å²) in [4.78, 5) is 0. The molecule has 1 atom stereocenters. The van der Waals surface area contributed by atoms with Crippen molar-refractivity contribution < 1.29 is 24.7 Å². The van der Waals surface area contributed by atoms with Gasteiger partial charge in [-0.05, 0) is 0 Å². The van der Waals surface area contributed by atoms with Crippen LogP contribution in [0.2, 0.25) is 0 Å². The molecule has 2 aromatic rings. The molecule has 0 saturated heterocycles. The monoisotopic (exact) mass is 337 g/mol. The third-order valence-electron chi connectivity index (χ3n) is 4.01. The first kappa shape index (κ1) is 14.0. The van der Waals surface area contributed by atoms with Crippen molar-refractivity contribution in [2.45, 2.75) is 29.8 Å². The average Bonchev–Trinajstić information content (AvgIpc) is 2.76. The van der Waals surface area contributed by atoms with Crippen LogP contribution in [0, 0.1) is 0 Å². The number of hydrogen-bond donors (Lipinski definition) is 0. The maximum atomic E-state index is 2.36. The summed E-state index contributed by atoms with van der Waals surface area (Å²) in [6.07, 6.45) is 2.36. The molecule has 20 heavy (non-hydrogen) atoms. The van der Waals surface area contributed by atoms with Crippen molar-refractivity contribution in [3.63, 3.8) is 0 Å². The number of fused-ring (bicyclic) bond motifs is 1. The summed E-state index contributed by atoms with van der Waals surface area (Å²) in [5, 5.41) is 0. The molecule has 0 heterocycles. The van der Waals surface area contributed by atoms with E-state index < -0.39 is 0 Å². The minimum atomic E-state index is 0.225. The van der Waals surface area contributed by atoms with Gasteiger partial charge in [0.2, 0.25) is 0 Å². The SMILES string of the molecule is CC(C)(C)c1ccc(C2=Cc3ccccc3[CH]2[Zr])cc1. The fourth-order valence-electron chi connectivity index (χ4n) is 2.74. The van der Waals surface area contributed by atoms with Gasteiger partial charge in [-0.1, -0.05) is 0 Å². The zero-order chi connectivity index (χ0) is 14.3. The van der Waals surface area contributed by atoms with Gasteiger partial charge in [-0.2, -0.15) is 0 Å². The van der Waals surface area contributed by atoms with Crippen LogP contribution in [0.1, 0.15) is 46.7 Å². The molecule has 0 nitrogen and oxygen atoms in total. The summed E-state index contributed by atoms with van der Waals surface area (Å²) in [5.41, 5.74) is 7.35. The van der Waals surface area contributed by atoms with Crippen molar-refractivity contribution in [1.82, 2.24) is 0 Å². The van der Waals surface area contributed by atoms with Gasteiger partial charge >= 0.3 is 137 Å². The van der Waals surface area contributed by atoms with E-state index in [9.17, 15) is 0 Å². The molecule has 0 N–H and O–H groups in total. The predicted octanol–water partition coefficient (Wildman–Crippen LogP) is 5.13. The third-order valence-corrected chi connectivity index (χ3v) is 5.54. The Labute approximate surface area is 136 Å². The van der Waals surface area contributed by atoms with Crippen molar-refractivity contribution in [2.24, 2.45) is 0 Å². The molecule has 2 aromatic carbocycles. The second-order valence-corrected chi connectivity index (χ2v) is 7.91. The van der Waals surface area contributed by atoms with Gasteiger partial charge in [0.25, 0.3) is 0 Å². The first-order chi connectivity index (χ1) is 9.47. The third kappa shape index (κ3) is 2.49. The van der Waals surface area contributed by atoms with E-state index in [0.29, 0.717) is 3.63 Å². The van der Waals surface area contributed by atoms with E-state index in [1.54, 1.807) is 24.7 Å². The van der Waals surface area contributed by atoms with Crippen LogP contribution in [0.4, 0.5) is 0 Å². The summed E-state index contributed by atoms with van der Waals surface area (Å²) in [5.74, 6) is 0. The van der Waals surface area contributed by atoms with Crippen molar-refractivity contribution in [2.75, 3.05) is 0 Å². The van der Waals surface area contributed by atoms with E-state index in [2.05, 4.69) is 75.4 Å². The first-order valence-corrected chi connectivity index (χ1v) is 8.51. The van der Waals surface area contributed by atoms with E-state index in [1.807, 2.05) is 0 Å². The fourth-order valence-corrected chi connectivity index (χ4v) is 4.00. The predicted molar refractivity (Wildman–Crippen MR) is 82.2 cm³/mol. The Morgan fingerprint density at radius 3 is 2.15 bits per heavy atom. The molecule has 1 aliphatic rings. The van der Waals surface area contributed by atoms with Gasteiger partial charge in [0.1, 0.15) is 0 Å². The molecule has 1 aliphatic carbocycles. The Hall–Kier alpha value is -0.937. The molecule has 0 amide bonds. The minimum absolute atomic E-state index is 0.225. The molecule has 1 heteroatoms. The summed E-state index contributed by atoms with van der Waals surface area (Å²) in [7, 11) is 0. The Kier molecular flexibility index (Phi) is 3.59. The molecular formula is C19H19Zr. The van der Waals surface area contributed by atoms with Crippen LogP contribution in [-0.4, -0.2) is 0 Å². The number of allylic oxidation sites excluding steroid dienone is 1. The Bertz CT molecular complexity index is 657. The van der Waals surface area contributed by atoms with E-state index in [0.717, 1.165) is 0 Å². The summed E-state index contributed by atoms with van der Waals surface area (Å²) in [6, 6.07) is 17.9. The fraction of sp³-hybridized carbons (Fsp3) is 0.263. The quantitative estimate of drug-likeness (QED) is 0.676. The second-order valence-electron chi connectivity index (χ2n) is 6.49. The van der Waals surface area contributed by atoms with Crippen molar-refractivity contribution >= 4 is 11.6 Å². The van der Waals surface area contributed by atoms with E-state index in [4.69, 9.17) is 0 Å². The summed E-state index contributed by atoms with van der Waals surface area (Å²) >= 11 is 1.57. The molecule has 0 bridgehead atoms. The molecule has 0 spiro atoms. The van der Waals surface area contributed by atoms with Crippen LogP contribution in [-0.2, 0) is 30.1 Å². The zero-order valence-electron chi connectivity index (χ0n) is 12.3. The number of hydrogen-bond acceptors (Lipinski definition) is 0. The molecular weight excluding hydrogens is 319 g/mol. The van der Waals surface area contributed by atoms with Gasteiger partial charge in [-0.15, -0.1) is 0 Å². The zero-order valence-corrected chi connectivity index (χ0v) is 14.7. The normalized spacial score (nSPS) is 17.7. The van der Waals surface area contributed by atoms with Gasteiger partial charge in [0.15, 0.2) is 0 Å². The number of benzene rings is 2. The van der Waals surface area contributed by atoms with E-state index >= 15 is 0 Å². The van der Waals surface area contributed by atoms with Crippen molar-refractivity contribution in [3.05, 3.63) is 70.8 Å². The topological polar surface area (TPSA) is 0 Å². The average molecular weight is 339 g/mol. The molecule has 0 radical (unpaired) electrons. The van der Waals surface area contributed by atoms with Crippen LogP contribution in [0.25, 0.3) is 11.6 Å². The molecule has 99 valence electrons. The molecule has 0 fully saturated rings. The van der Waals surface area contributed by atoms with Crippen molar-refractivity contribution in [1.29, 1.82) is 0 Å². The first-order valence-electron chi connectivity index (χ1n) is 7.09. The van der Waals surface area contributed by atoms with Gasteiger partial charge in [-0.25, -0.2) is 0 Å². The second kappa shape index (κ2) is 5.12. The molecule has 3 rings (SSSR count). The standard InChI is InChI=1S/C19H19.Zr/c1-19(2,3)18-10-8-14(9-11-18)17-12-15-6-4-5-7-16(15)13-17;/h4-13H,1-3H3;. The van der Waals surface area contributed by atoms with Crippen molar-refractivity contribution in [3.8, 4) is 0 Å². The maximum absolute atomic E-state index is 2.36. The van der Waals surface area contributed by atoms with Crippen LogP contribution >= 0.6 is 0 Å². The summed E-state index contributed by atoms with van der Waals surface area (Å²) < 4.78 is 0.582. The Balaban J connectivity index is 1.96. The Morgan fingerprint density at radius 2 is 1.55 bits per heavy atom. The summed E-state index contributed by atoms with van der Waals surface area (Å²) in [6.45, 7) is 6.79. The van der Waals surface area contributed by atoms with Crippen LogP contribution in [0.15, 0.2) is 48.5 Å². The molecule has 1 unspecified atom stereocenters. The number of rotatable bonds is 1. The van der Waals surface area contributed by atoms with Crippen LogP contribution in [0.5, 0.6) is 0 Å². The van der Waals surface area contributed by atoms with Gasteiger partial charge < -0.3 is 0 Å². The van der Waals surface area contributed by atoms with Gasteiger partial charge in [0, 0.05) is 0 Å². The molecule has 0 saturated carbocycles. The Morgan fingerprint density at radius 1 is 0.900 bits per heavy atom. The van der Waals surface area contributed by atoms with Crippen LogP contribution < -0.4 is 0 Å². The molecule has 0 aromatic heterocycles. The van der Waals surface area contributed by atoms with Gasteiger partial charge in [-0.3, -0.25) is 0 Å². The van der Waals surface area contributed by atoms with E-state index in [-0.39, 0.29) is 5.41 Å². The van der Waals surface area contributed by atoms with E-state index in [1.165, 1.54) is 27.8 Å². The van der Waals surface area contributed by atoms with Crippen LogP contribution in [0.3, 0.4) is 0 Å².